The summed E-state index contributed by atoms with van der Waals surface area (Å²) in [4.78, 5) is 34.8. The van der Waals surface area contributed by atoms with Gasteiger partial charge in [-0.25, -0.2) is 24.7 Å². The van der Waals surface area contributed by atoms with Gasteiger partial charge in [-0.2, -0.15) is 0 Å². The molecule has 1 spiro atoms. The number of anilines is 3. The van der Waals surface area contributed by atoms with Gasteiger partial charge in [0.2, 0.25) is 0 Å². The van der Waals surface area contributed by atoms with Crippen LogP contribution in [-0.2, 0) is 4.74 Å². The van der Waals surface area contributed by atoms with E-state index < -0.39 is 5.60 Å². The second kappa shape index (κ2) is 9.13. The first-order valence-corrected chi connectivity index (χ1v) is 12.6. The van der Waals surface area contributed by atoms with Crippen molar-refractivity contribution in [2.24, 2.45) is 0 Å². The molecule has 1 amide bonds. The highest BCUT2D eigenvalue weighted by molar-refractivity contribution is 5.88. The van der Waals surface area contributed by atoms with E-state index in [9.17, 15) is 4.79 Å². The van der Waals surface area contributed by atoms with E-state index in [4.69, 9.17) is 14.5 Å². The van der Waals surface area contributed by atoms with E-state index in [-0.39, 0.29) is 11.6 Å². The molecular weight excluding hydrogens is 482 g/mol. The molecule has 0 saturated carbocycles. The van der Waals surface area contributed by atoms with Gasteiger partial charge in [-0.15, -0.1) is 0 Å². The smallest absolute Gasteiger partial charge is 0.410 e. The van der Waals surface area contributed by atoms with E-state index in [0.717, 1.165) is 30.0 Å². The molecule has 10 heteroatoms. The van der Waals surface area contributed by atoms with E-state index in [2.05, 4.69) is 25.2 Å². The van der Waals surface area contributed by atoms with Crippen LogP contribution in [0, 0.1) is 0 Å². The number of benzene rings is 1. The molecule has 194 valence electrons. The number of rotatable bonds is 5. The summed E-state index contributed by atoms with van der Waals surface area (Å²) < 4.78 is 11.4. The number of nitrogens with zero attached hydrogens (tertiary/aromatic N) is 6. The number of nitrogens with one attached hydrogen (secondary N) is 1. The number of carbonyl (C=O) groups excluding carboxylic acids is 1. The third-order valence-corrected chi connectivity index (χ3v) is 6.71. The Morgan fingerprint density at radius 3 is 2.47 bits per heavy atom. The lowest BCUT2D eigenvalue weighted by Crippen LogP contribution is -2.78. The highest BCUT2D eigenvalue weighted by Crippen LogP contribution is 2.42. The van der Waals surface area contributed by atoms with Crippen molar-refractivity contribution >= 4 is 34.6 Å². The fourth-order valence-electron chi connectivity index (χ4n) is 4.75. The van der Waals surface area contributed by atoms with Crippen LogP contribution in [0.1, 0.15) is 27.2 Å². The van der Waals surface area contributed by atoms with E-state index in [0.29, 0.717) is 36.0 Å². The van der Waals surface area contributed by atoms with Gasteiger partial charge in [0.15, 0.2) is 5.82 Å². The van der Waals surface area contributed by atoms with Crippen LogP contribution in [0.4, 0.5) is 22.2 Å². The molecule has 5 heterocycles. The Morgan fingerprint density at radius 2 is 1.79 bits per heavy atom. The SMILES string of the molecule is CC(C)(C)OC(=O)N1CCC12CN(c1ccc3ncnc(Nc4ccc(Oc5ccccc5)cn4)c3n1)C2. The molecule has 0 bridgehead atoms. The zero-order valence-corrected chi connectivity index (χ0v) is 21.6. The molecule has 6 rings (SSSR count). The van der Waals surface area contributed by atoms with Gasteiger partial charge in [0.05, 0.1) is 17.3 Å². The van der Waals surface area contributed by atoms with Crippen molar-refractivity contribution in [3.8, 4) is 11.5 Å². The van der Waals surface area contributed by atoms with Gasteiger partial charge >= 0.3 is 6.09 Å². The summed E-state index contributed by atoms with van der Waals surface area (Å²) in [5.41, 5.74) is 0.685. The van der Waals surface area contributed by atoms with E-state index in [1.165, 1.54) is 6.33 Å². The van der Waals surface area contributed by atoms with Gasteiger partial charge in [-0.05, 0) is 63.6 Å². The van der Waals surface area contributed by atoms with Crippen molar-refractivity contribution in [2.45, 2.75) is 38.3 Å². The molecule has 2 aliphatic heterocycles. The average Bonchev–Trinajstić information content (AvgIpc) is 2.84. The van der Waals surface area contributed by atoms with Crippen molar-refractivity contribution in [3.05, 3.63) is 67.1 Å². The Bertz CT molecular complexity index is 1470. The number of para-hydroxylation sites is 1. The van der Waals surface area contributed by atoms with Crippen molar-refractivity contribution in [3.63, 3.8) is 0 Å². The summed E-state index contributed by atoms with van der Waals surface area (Å²) in [7, 11) is 0. The molecule has 1 aromatic carbocycles. The van der Waals surface area contributed by atoms with Crippen LogP contribution >= 0.6 is 0 Å². The Hall–Kier alpha value is -4.47. The Morgan fingerprint density at radius 1 is 0.974 bits per heavy atom. The third-order valence-electron chi connectivity index (χ3n) is 6.71. The molecule has 38 heavy (non-hydrogen) atoms. The van der Waals surface area contributed by atoms with Crippen LogP contribution in [0.2, 0.25) is 0 Å². The van der Waals surface area contributed by atoms with Gasteiger partial charge in [0.1, 0.15) is 40.6 Å². The standard InChI is InChI=1S/C28H29N7O3/c1-27(2,3)38-26(36)35-14-13-28(35)16-34(17-28)23-12-10-21-24(33-23)25(31-18-30-21)32-22-11-9-20(15-29-22)37-19-7-5-4-6-8-19/h4-12,15,18H,13-14,16-17H2,1-3H3,(H,29,30,31,32). The van der Waals surface area contributed by atoms with Gasteiger partial charge in [-0.3, -0.25) is 4.90 Å². The normalized spacial score (nSPS) is 16.1. The number of amides is 1. The van der Waals surface area contributed by atoms with Crippen LogP contribution in [0.5, 0.6) is 11.5 Å². The summed E-state index contributed by atoms with van der Waals surface area (Å²) in [6.07, 6.45) is 3.88. The summed E-state index contributed by atoms with van der Waals surface area (Å²) >= 11 is 0. The van der Waals surface area contributed by atoms with Crippen LogP contribution in [0.3, 0.4) is 0 Å². The third kappa shape index (κ3) is 4.65. The molecule has 4 aromatic rings. The largest absolute Gasteiger partial charge is 0.456 e. The topological polar surface area (TPSA) is 106 Å². The zero-order chi connectivity index (χ0) is 26.3. The maximum absolute atomic E-state index is 12.6. The van der Waals surface area contributed by atoms with Crippen LogP contribution in [0.25, 0.3) is 11.0 Å². The zero-order valence-electron chi connectivity index (χ0n) is 21.6. The average molecular weight is 512 g/mol. The molecular formula is C28H29N7O3. The molecule has 1 N–H and O–H groups in total. The number of aromatic nitrogens is 4. The summed E-state index contributed by atoms with van der Waals surface area (Å²) in [5.74, 6) is 3.38. The molecule has 10 nitrogen and oxygen atoms in total. The molecule has 2 fully saturated rings. The van der Waals surface area contributed by atoms with E-state index in [1.807, 2.05) is 80.3 Å². The van der Waals surface area contributed by atoms with Crippen molar-refractivity contribution in [1.82, 2.24) is 24.8 Å². The number of ether oxygens (including phenoxy) is 2. The fraction of sp³-hybridized carbons (Fsp3) is 0.321. The maximum atomic E-state index is 12.6. The highest BCUT2D eigenvalue weighted by Gasteiger charge is 2.56. The first-order chi connectivity index (χ1) is 18.3. The summed E-state index contributed by atoms with van der Waals surface area (Å²) in [5, 5.41) is 3.25. The molecule has 0 radical (unpaired) electrons. The lowest BCUT2D eigenvalue weighted by atomic mass is 9.78. The molecule has 0 atom stereocenters. The van der Waals surface area contributed by atoms with E-state index in [1.54, 1.807) is 6.20 Å². The van der Waals surface area contributed by atoms with Crippen LogP contribution in [-0.4, -0.2) is 61.7 Å². The van der Waals surface area contributed by atoms with Crippen LogP contribution in [0.15, 0.2) is 67.1 Å². The number of likely N-dealkylation sites (tertiary alicyclic amines) is 1. The Kier molecular flexibility index (Phi) is 5.74. The molecule has 2 aliphatic rings. The number of carbonyl (C=O) groups is 1. The monoisotopic (exact) mass is 511 g/mol. The molecule has 3 aromatic heterocycles. The van der Waals surface area contributed by atoms with Crippen molar-refractivity contribution < 1.29 is 14.3 Å². The highest BCUT2D eigenvalue weighted by atomic mass is 16.6. The maximum Gasteiger partial charge on any atom is 0.410 e. The minimum absolute atomic E-state index is 0.180. The lowest BCUT2D eigenvalue weighted by Gasteiger charge is -2.62. The van der Waals surface area contributed by atoms with Crippen molar-refractivity contribution in [1.29, 1.82) is 0 Å². The number of pyridine rings is 2. The first kappa shape index (κ1) is 23.9. The van der Waals surface area contributed by atoms with E-state index >= 15 is 0 Å². The molecule has 0 aliphatic carbocycles. The predicted molar refractivity (Wildman–Crippen MR) is 144 cm³/mol. The Labute approximate surface area is 220 Å². The quantitative estimate of drug-likeness (QED) is 0.389. The second-order valence-electron chi connectivity index (χ2n) is 10.6. The Balaban J connectivity index is 1.16. The van der Waals surface area contributed by atoms with Crippen LogP contribution < -0.4 is 15.0 Å². The first-order valence-electron chi connectivity index (χ1n) is 12.6. The number of hydrogen-bond donors (Lipinski definition) is 1. The summed E-state index contributed by atoms with van der Waals surface area (Å²) in [6.45, 7) is 7.81. The number of hydrogen-bond acceptors (Lipinski definition) is 9. The molecule has 2 saturated heterocycles. The minimum atomic E-state index is -0.509. The van der Waals surface area contributed by atoms with Gasteiger partial charge in [-0.1, -0.05) is 18.2 Å². The predicted octanol–water partition coefficient (Wildman–Crippen LogP) is 5.16. The second-order valence-corrected chi connectivity index (χ2v) is 10.6. The van der Waals surface area contributed by atoms with Gasteiger partial charge < -0.3 is 19.7 Å². The summed E-state index contributed by atoms with van der Waals surface area (Å²) in [6, 6.07) is 17.1. The fourth-order valence-corrected chi connectivity index (χ4v) is 4.75. The lowest BCUT2D eigenvalue weighted by molar-refractivity contribution is -0.0562. The van der Waals surface area contributed by atoms with Gasteiger partial charge in [0.25, 0.3) is 0 Å². The van der Waals surface area contributed by atoms with Crippen molar-refractivity contribution in [2.75, 3.05) is 29.9 Å². The minimum Gasteiger partial charge on any atom is -0.456 e. The number of fused-ring (bicyclic) bond motifs is 1. The molecule has 0 unspecified atom stereocenters. The van der Waals surface area contributed by atoms with Gasteiger partial charge in [0, 0.05) is 19.6 Å².